The number of carbonyl (C=O) groups is 1. The number of fused-ring (bicyclic) bond motifs is 1. The SMILES string of the molecule is Cc1ncc(CC(=O)CC2CCC(CCN3CCc4nc(OCCC(C)(F)F)sc4CC3)CC2)s1. The third kappa shape index (κ3) is 8.57. The number of alkyl halides is 2. The molecule has 2 aromatic heterocycles. The zero-order valence-electron chi connectivity index (χ0n) is 20.9. The van der Waals surface area contributed by atoms with Gasteiger partial charge in [0.1, 0.15) is 5.78 Å². The molecule has 0 unspecified atom stereocenters. The normalized spacial score (nSPS) is 21.5. The number of halogens is 2. The van der Waals surface area contributed by atoms with E-state index in [0.717, 1.165) is 67.3 Å². The number of thiazole rings is 2. The van der Waals surface area contributed by atoms with E-state index in [-0.39, 0.29) is 13.0 Å². The number of nitrogens with zero attached hydrogens (tertiary/aromatic N) is 3. The molecule has 1 aliphatic heterocycles. The van der Waals surface area contributed by atoms with Crippen molar-refractivity contribution in [2.24, 2.45) is 11.8 Å². The predicted octanol–water partition coefficient (Wildman–Crippen LogP) is 6.13. The second-order valence-electron chi connectivity index (χ2n) is 10.3. The van der Waals surface area contributed by atoms with Gasteiger partial charge in [-0.3, -0.25) is 4.79 Å². The van der Waals surface area contributed by atoms with Crippen molar-refractivity contribution >= 4 is 28.5 Å². The van der Waals surface area contributed by atoms with Crippen molar-refractivity contribution in [1.29, 1.82) is 0 Å². The van der Waals surface area contributed by atoms with Gasteiger partial charge in [0.05, 0.1) is 17.3 Å². The number of Topliss-reactive ketones (excluding diaryl/α,β-unsaturated/α-hetero) is 1. The Hall–Kier alpha value is -1.45. The molecule has 0 radical (unpaired) electrons. The first-order chi connectivity index (χ1) is 16.7. The highest BCUT2D eigenvalue weighted by atomic mass is 32.1. The van der Waals surface area contributed by atoms with Crippen LogP contribution in [-0.2, 0) is 24.1 Å². The molecule has 0 aromatic carbocycles. The van der Waals surface area contributed by atoms with E-state index in [1.807, 2.05) is 13.1 Å². The van der Waals surface area contributed by atoms with Gasteiger partial charge in [0.2, 0.25) is 5.92 Å². The molecule has 5 nitrogen and oxygen atoms in total. The van der Waals surface area contributed by atoms with Gasteiger partial charge in [-0.05, 0) is 57.9 Å². The first kappa shape index (κ1) is 26.6. The minimum atomic E-state index is -2.70. The van der Waals surface area contributed by atoms with Crippen molar-refractivity contribution in [2.45, 2.75) is 84.0 Å². The second-order valence-corrected chi connectivity index (χ2v) is 12.7. The molecular weight excluding hydrogens is 488 g/mol. The maximum absolute atomic E-state index is 13.0. The van der Waals surface area contributed by atoms with Crippen molar-refractivity contribution in [2.75, 3.05) is 26.2 Å². The summed E-state index contributed by atoms with van der Waals surface area (Å²) < 4.78 is 31.4. The van der Waals surface area contributed by atoms with Crippen LogP contribution in [0.5, 0.6) is 5.19 Å². The molecule has 1 fully saturated rings. The maximum Gasteiger partial charge on any atom is 0.273 e. The lowest BCUT2D eigenvalue weighted by molar-refractivity contribution is -0.119. The van der Waals surface area contributed by atoms with Crippen molar-refractivity contribution in [3.8, 4) is 5.19 Å². The van der Waals surface area contributed by atoms with Crippen molar-refractivity contribution in [3.63, 3.8) is 0 Å². The lowest BCUT2D eigenvalue weighted by Gasteiger charge is -2.30. The van der Waals surface area contributed by atoms with Crippen LogP contribution in [0.25, 0.3) is 0 Å². The Morgan fingerprint density at radius 3 is 2.63 bits per heavy atom. The molecule has 1 saturated carbocycles. The number of rotatable bonds is 11. The monoisotopic (exact) mass is 525 g/mol. The van der Waals surface area contributed by atoms with Crippen molar-refractivity contribution in [3.05, 3.63) is 26.7 Å². The fourth-order valence-corrected chi connectivity index (χ4v) is 6.94. The van der Waals surface area contributed by atoms with Crippen LogP contribution in [0.15, 0.2) is 6.20 Å². The van der Waals surface area contributed by atoms with E-state index in [2.05, 4.69) is 14.9 Å². The molecule has 0 saturated heterocycles. The quantitative estimate of drug-likeness (QED) is 0.353. The van der Waals surface area contributed by atoms with Crippen LogP contribution in [0, 0.1) is 18.8 Å². The molecule has 2 aliphatic rings. The molecule has 0 amide bonds. The number of aryl methyl sites for hydroxylation is 1. The molecular formula is C26H37F2N3O2S2. The van der Waals surface area contributed by atoms with Gasteiger partial charge in [0, 0.05) is 54.7 Å². The fraction of sp³-hybridized carbons (Fsp3) is 0.731. The summed E-state index contributed by atoms with van der Waals surface area (Å²) in [7, 11) is 0. The lowest BCUT2D eigenvalue weighted by Crippen LogP contribution is -2.30. The molecule has 3 heterocycles. The molecule has 0 bridgehead atoms. The van der Waals surface area contributed by atoms with Crippen LogP contribution < -0.4 is 4.74 Å². The number of carbonyl (C=O) groups excluding carboxylic acids is 1. The first-order valence-electron chi connectivity index (χ1n) is 12.9. The Balaban J connectivity index is 1.12. The summed E-state index contributed by atoms with van der Waals surface area (Å²) in [6, 6.07) is 0. The zero-order chi connectivity index (χ0) is 24.8. The Bertz CT molecular complexity index is 939. The Morgan fingerprint density at radius 1 is 1.17 bits per heavy atom. The molecule has 0 N–H and O–H groups in total. The minimum Gasteiger partial charge on any atom is -0.470 e. The van der Waals surface area contributed by atoms with E-state index in [9.17, 15) is 13.6 Å². The van der Waals surface area contributed by atoms with E-state index >= 15 is 0 Å². The predicted molar refractivity (Wildman–Crippen MR) is 137 cm³/mol. The summed E-state index contributed by atoms with van der Waals surface area (Å²) >= 11 is 3.15. The molecule has 1 aliphatic carbocycles. The largest absolute Gasteiger partial charge is 0.470 e. The molecule has 9 heteroatoms. The number of aromatic nitrogens is 2. The standard InChI is InChI=1S/C26H37F2N3O2S2/c1-18-29-17-22(34-18)16-21(32)15-20-5-3-19(4-6-20)7-11-31-12-8-23-24(9-13-31)35-25(30-23)33-14-10-26(2,27)28/h17,19-20H,3-16H2,1-2H3. The van der Waals surface area contributed by atoms with E-state index < -0.39 is 5.92 Å². The van der Waals surface area contributed by atoms with Gasteiger partial charge in [-0.1, -0.05) is 24.2 Å². The smallest absolute Gasteiger partial charge is 0.273 e. The molecule has 0 spiro atoms. The van der Waals surface area contributed by atoms with E-state index in [1.54, 1.807) is 11.3 Å². The van der Waals surface area contributed by atoms with Gasteiger partial charge >= 0.3 is 0 Å². The maximum atomic E-state index is 13.0. The Morgan fingerprint density at radius 2 is 1.91 bits per heavy atom. The van der Waals surface area contributed by atoms with Crippen LogP contribution in [-0.4, -0.2) is 52.8 Å². The molecule has 35 heavy (non-hydrogen) atoms. The van der Waals surface area contributed by atoms with Gasteiger partial charge in [-0.2, -0.15) is 0 Å². The summed E-state index contributed by atoms with van der Waals surface area (Å²) in [5, 5.41) is 1.56. The molecule has 4 rings (SSSR count). The van der Waals surface area contributed by atoms with Crippen LogP contribution >= 0.6 is 22.7 Å². The van der Waals surface area contributed by atoms with E-state index in [0.29, 0.717) is 23.3 Å². The highest BCUT2D eigenvalue weighted by molar-refractivity contribution is 7.13. The summed E-state index contributed by atoms with van der Waals surface area (Å²) in [6.45, 7) is 6.02. The Kier molecular flexibility index (Phi) is 9.27. The second kappa shape index (κ2) is 12.2. The highest BCUT2D eigenvalue weighted by Crippen LogP contribution is 2.34. The lowest BCUT2D eigenvalue weighted by atomic mass is 9.78. The number of ether oxygens (including phenoxy) is 1. The average molecular weight is 526 g/mol. The summed E-state index contributed by atoms with van der Waals surface area (Å²) in [5.74, 6) is -1.03. The topological polar surface area (TPSA) is 55.3 Å². The van der Waals surface area contributed by atoms with Crippen LogP contribution in [0.2, 0.25) is 0 Å². The summed E-state index contributed by atoms with van der Waals surface area (Å²) in [4.78, 5) is 26.1. The first-order valence-corrected chi connectivity index (χ1v) is 14.5. The minimum absolute atomic E-state index is 0.00420. The number of hydrogen-bond acceptors (Lipinski definition) is 7. The van der Waals surface area contributed by atoms with Crippen molar-refractivity contribution < 1.29 is 18.3 Å². The van der Waals surface area contributed by atoms with Gasteiger partial charge in [-0.15, -0.1) is 11.3 Å². The van der Waals surface area contributed by atoms with Crippen LogP contribution in [0.3, 0.4) is 0 Å². The number of hydrogen-bond donors (Lipinski definition) is 0. The van der Waals surface area contributed by atoms with Gasteiger partial charge in [0.25, 0.3) is 5.19 Å². The third-order valence-electron chi connectivity index (χ3n) is 7.22. The average Bonchev–Trinajstić information content (AvgIpc) is 3.33. The highest BCUT2D eigenvalue weighted by Gasteiger charge is 2.25. The van der Waals surface area contributed by atoms with E-state index in [4.69, 9.17) is 4.74 Å². The summed E-state index contributed by atoms with van der Waals surface area (Å²) in [5.41, 5.74) is 1.08. The fourth-order valence-electron chi connectivity index (χ4n) is 5.15. The molecule has 2 aromatic rings. The Labute approximate surface area is 215 Å². The van der Waals surface area contributed by atoms with Gasteiger partial charge in [0.15, 0.2) is 0 Å². The van der Waals surface area contributed by atoms with Crippen LogP contribution in [0.1, 0.15) is 72.3 Å². The summed E-state index contributed by atoms with van der Waals surface area (Å²) in [6.07, 6.45) is 10.7. The van der Waals surface area contributed by atoms with Crippen molar-refractivity contribution in [1.82, 2.24) is 14.9 Å². The zero-order valence-corrected chi connectivity index (χ0v) is 22.5. The number of ketones is 1. The van der Waals surface area contributed by atoms with Gasteiger partial charge < -0.3 is 9.64 Å². The van der Waals surface area contributed by atoms with E-state index in [1.165, 1.54) is 48.3 Å². The third-order valence-corrected chi connectivity index (χ3v) is 9.20. The molecule has 0 atom stereocenters. The molecule has 194 valence electrons. The van der Waals surface area contributed by atoms with Gasteiger partial charge in [-0.25, -0.2) is 18.7 Å². The van der Waals surface area contributed by atoms with Crippen LogP contribution in [0.4, 0.5) is 8.78 Å².